The molecular weight excluding hydrogens is 1290 g/mol. The number of carboxylic acid groups (broad SMARTS) is 1. The normalized spacial score (nSPS) is 15.2. The number of benzene rings is 6. The van der Waals surface area contributed by atoms with Crippen molar-refractivity contribution in [3.05, 3.63) is 185 Å². The Balaban J connectivity index is 0.000000187. The number of hydrogen-bond donors (Lipinski definition) is 12. The van der Waals surface area contributed by atoms with Crippen LogP contribution in [0.4, 0.5) is 22.7 Å². The lowest BCUT2D eigenvalue weighted by Gasteiger charge is -2.26. The van der Waals surface area contributed by atoms with E-state index in [1.807, 2.05) is 104 Å². The molecule has 3 atom stereocenters. The third kappa shape index (κ3) is 23.6. The van der Waals surface area contributed by atoms with Crippen LogP contribution in [0.5, 0.6) is 0 Å². The van der Waals surface area contributed by atoms with Gasteiger partial charge in [-0.3, -0.25) is 29.8 Å². The molecule has 3 unspecified atom stereocenters. The average molecular weight is 1360 g/mol. The first-order chi connectivity index (χ1) is 42.7. The van der Waals surface area contributed by atoms with E-state index in [4.69, 9.17) is 70.7 Å². The molecule has 3 aliphatic rings. The van der Waals surface area contributed by atoms with Crippen LogP contribution in [-0.2, 0) is 19.7 Å². The topological polar surface area (TPSA) is 287 Å². The summed E-state index contributed by atoms with van der Waals surface area (Å²) in [6.45, 7) is 8.26. The Bertz CT molecular complexity index is 3550. The van der Waals surface area contributed by atoms with Crippen molar-refractivity contribution in [1.29, 1.82) is 0 Å². The van der Waals surface area contributed by atoms with E-state index >= 15 is 0 Å². The van der Waals surface area contributed by atoms with Gasteiger partial charge in [0.15, 0.2) is 20.4 Å². The van der Waals surface area contributed by atoms with Gasteiger partial charge < -0.3 is 42.3 Å². The first-order valence-electron chi connectivity index (χ1n) is 27.7. The first kappa shape index (κ1) is 70.3. The highest BCUT2D eigenvalue weighted by molar-refractivity contribution is 8.77. The van der Waals surface area contributed by atoms with Gasteiger partial charge in [-0.1, -0.05) is 129 Å². The predicted molar refractivity (Wildman–Crippen MR) is 374 cm³/mol. The zero-order valence-electron chi connectivity index (χ0n) is 48.7. The number of aromatic amines is 1. The summed E-state index contributed by atoms with van der Waals surface area (Å²) in [6.07, 6.45) is 5.17. The van der Waals surface area contributed by atoms with Crippen molar-refractivity contribution in [2.45, 2.75) is 94.4 Å². The number of nitrogens with one attached hydrogen (secondary N) is 10. The van der Waals surface area contributed by atoms with Gasteiger partial charge in [-0.05, 0) is 192 Å². The Morgan fingerprint density at radius 2 is 1.22 bits per heavy atom. The van der Waals surface area contributed by atoms with Gasteiger partial charge in [0, 0.05) is 52.1 Å². The van der Waals surface area contributed by atoms with Crippen molar-refractivity contribution in [2.24, 2.45) is 0 Å². The Morgan fingerprint density at radius 1 is 0.685 bits per heavy atom. The molecule has 1 aromatic heterocycles. The Morgan fingerprint density at radius 3 is 1.74 bits per heavy atom. The molecule has 30 heteroatoms. The summed E-state index contributed by atoms with van der Waals surface area (Å²) in [5.74, 6) is 0.361. The van der Waals surface area contributed by atoms with Crippen molar-refractivity contribution in [1.82, 2.24) is 56.9 Å². The van der Waals surface area contributed by atoms with Crippen LogP contribution in [0.1, 0.15) is 93.6 Å². The minimum atomic E-state index is -4.23. The molecule has 4 heterocycles. The van der Waals surface area contributed by atoms with Gasteiger partial charge in [0.05, 0.1) is 16.3 Å². The molecule has 0 radical (unpaired) electrons. The Kier molecular flexibility index (Phi) is 28.4. The molecule has 0 saturated carbocycles. The number of para-hydroxylation sites is 1. The SMILES string of the molecule is CC(C)NC(=S)NC(C)C.O=C(O)CCCCC1CCSS1.O=CNNc1ccc(NC(=O)c2cccc(NC(=S)Nc3ccccc3)c2)cc1.O=S(=O)(O)c1cccc(-n2[nH]nnc2=S)c1.S=C1NC(c2ccccc2)N2C(=S)NC(c3ccccc3)N12. The second kappa shape index (κ2) is 36.0. The van der Waals surface area contributed by atoms with Crippen LogP contribution in [0.3, 0.4) is 0 Å². The number of thiocarbonyl (C=S) groups is 4. The Hall–Kier alpha value is -7.81. The zero-order chi connectivity index (χ0) is 64.3. The van der Waals surface area contributed by atoms with E-state index in [1.54, 1.807) is 48.5 Å². The second-order valence-corrected chi connectivity index (χ2v) is 26.1. The fourth-order valence-electron chi connectivity index (χ4n) is 8.32. The molecule has 6 aromatic carbocycles. The van der Waals surface area contributed by atoms with E-state index in [0.29, 0.717) is 68.6 Å². The number of hydrazine groups is 2. The van der Waals surface area contributed by atoms with Crippen molar-refractivity contribution in [3.63, 3.8) is 0 Å². The van der Waals surface area contributed by atoms with Crippen molar-refractivity contribution in [3.8, 4) is 5.69 Å². The van der Waals surface area contributed by atoms with E-state index in [9.17, 15) is 22.8 Å². The first-order valence-corrected chi connectivity index (χ1v) is 33.6. The van der Waals surface area contributed by atoms with E-state index in [0.717, 1.165) is 40.0 Å². The van der Waals surface area contributed by atoms with Crippen LogP contribution >= 0.6 is 82.7 Å². The monoisotopic (exact) mass is 1360 g/mol. The highest BCUT2D eigenvalue weighted by Gasteiger charge is 2.47. The molecule has 3 saturated heterocycles. The highest BCUT2D eigenvalue weighted by atomic mass is 33.1. The quantitative estimate of drug-likeness (QED) is 0.00950. The van der Waals surface area contributed by atoms with Crippen LogP contribution in [-0.4, -0.2) is 110 Å². The lowest BCUT2D eigenvalue weighted by atomic mass is 10.1. The van der Waals surface area contributed by atoms with Crippen LogP contribution in [0, 0.1) is 4.77 Å². The maximum absolute atomic E-state index is 12.5. The number of carbonyl (C=O) groups is 3. The van der Waals surface area contributed by atoms with Gasteiger partial charge in [0.2, 0.25) is 11.2 Å². The molecular formula is C59H69N15O7S8. The fraction of sp³-hybridized carbons (Fsp3) is 0.254. The van der Waals surface area contributed by atoms with E-state index in [-0.39, 0.29) is 27.9 Å². The Labute approximate surface area is 552 Å². The second-order valence-electron chi connectivity index (χ2n) is 19.9. The molecule has 22 nitrogen and oxygen atoms in total. The number of anilines is 4. The van der Waals surface area contributed by atoms with Crippen molar-refractivity contribution in [2.75, 3.05) is 27.1 Å². The zero-order valence-corrected chi connectivity index (χ0v) is 55.3. The maximum Gasteiger partial charge on any atom is 0.303 e. The molecule has 10 rings (SSSR count). The van der Waals surface area contributed by atoms with E-state index in [1.165, 1.54) is 41.5 Å². The number of amides is 2. The number of fused-ring (bicyclic) bond motifs is 1. The van der Waals surface area contributed by atoms with Gasteiger partial charge >= 0.3 is 5.97 Å². The number of aromatic nitrogens is 4. The van der Waals surface area contributed by atoms with Crippen LogP contribution in [0.25, 0.3) is 5.69 Å². The number of carboxylic acids is 1. The van der Waals surface area contributed by atoms with Crippen LogP contribution in [0.15, 0.2) is 169 Å². The molecule has 0 spiro atoms. The molecule has 3 fully saturated rings. The summed E-state index contributed by atoms with van der Waals surface area (Å²) in [4.78, 5) is 32.8. The summed E-state index contributed by atoms with van der Waals surface area (Å²) < 4.78 is 32.2. The van der Waals surface area contributed by atoms with E-state index < -0.39 is 16.1 Å². The van der Waals surface area contributed by atoms with Gasteiger partial charge in [-0.15, -0.1) is 0 Å². The summed E-state index contributed by atoms with van der Waals surface area (Å²) in [6, 6.07) is 50.3. The fourth-order valence-corrected chi connectivity index (χ4v) is 13.4. The predicted octanol–water partition coefficient (Wildman–Crippen LogP) is 11.1. The largest absolute Gasteiger partial charge is 0.481 e. The molecule has 2 amide bonds. The van der Waals surface area contributed by atoms with Gasteiger partial charge in [0.1, 0.15) is 12.3 Å². The summed E-state index contributed by atoms with van der Waals surface area (Å²) in [5, 5.41) is 47.1. The average Bonchev–Trinajstić information content (AvgIpc) is 2.00. The number of unbranched alkanes of at least 4 members (excludes halogenated alkanes) is 1. The number of H-pyrrole nitrogens is 1. The van der Waals surface area contributed by atoms with Gasteiger partial charge in [-0.2, -0.15) is 13.6 Å². The molecule has 3 aliphatic heterocycles. The van der Waals surface area contributed by atoms with Gasteiger partial charge in [0.25, 0.3) is 16.0 Å². The number of aliphatic carboxylic acids is 1. The maximum atomic E-state index is 12.5. The summed E-state index contributed by atoms with van der Waals surface area (Å²) >= 11 is 26.2. The molecule has 12 N–H and O–H groups in total. The summed E-state index contributed by atoms with van der Waals surface area (Å²) in [5.41, 5.74) is 11.1. The van der Waals surface area contributed by atoms with Crippen molar-refractivity contribution >= 4 is 154 Å². The molecule has 470 valence electrons. The number of carbonyl (C=O) groups excluding carboxylic acids is 2. The van der Waals surface area contributed by atoms with Crippen molar-refractivity contribution < 1.29 is 32.5 Å². The molecule has 0 bridgehead atoms. The number of rotatable bonds is 18. The number of nitrogens with zero attached hydrogens (tertiary/aromatic N) is 5. The smallest absolute Gasteiger partial charge is 0.303 e. The molecule has 89 heavy (non-hydrogen) atoms. The highest BCUT2D eigenvalue weighted by Crippen LogP contribution is 2.40. The lowest BCUT2D eigenvalue weighted by Crippen LogP contribution is -2.42. The van der Waals surface area contributed by atoms with E-state index in [2.05, 4.69) is 116 Å². The molecule has 7 aromatic rings. The minimum Gasteiger partial charge on any atom is -0.481 e. The number of hydrogen-bond acceptors (Lipinski definition) is 15. The van der Waals surface area contributed by atoms with Crippen LogP contribution < -0.4 is 48.1 Å². The minimum absolute atomic E-state index is 0.0672. The number of tetrazole rings is 1. The standard InChI is InChI=1S/C21H19N5O2S.C16H14N4S2.C8H14O2S2.C7H6N4O3S2.C7H16N2S/c27-14-22-26-18-11-9-17(10-12-18)23-20(28)15-5-4-8-19(13-15)25-21(29)24-16-6-2-1-3-7-16;21-15-17-13(11-7-3-1-4-8-11)19-16(22)18-14(20(15)19)12-9-5-2-6-10-12;9-8(10)4-2-1-3-7-5-6-11-12-7;12-16(13,14)6-3-1-2-5(4-6)11-7(15)8-9-10-11;1-5(2)8-7(10)9-6(3)4/h1-14,26H,(H,22,27)(H,23,28)(H2,24,25,29);1-10,13-14H,(H,17,21)(H,18,22);7H,1-6H2,(H,9,10);1-4H,(H,8,10,15)(H,12,13,14);5-6H,1-4H3,(H2,8,9,10). The molecule has 0 aliphatic carbocycles. The lowest BCUT2D eigenvalue weighted by molar-refractivity contribution is -0.137. The third-order valence-corrected chi connectivity index (χ3v) is 17.5. The van der Waals surface area contributed by atoms with Gasteiger partial charge in [-0.25, -0.2) is 14.7 Å². The summed E-state index contributed by atoms with van der Waals surface area (Å²) in [7, 11) is -0.314. The third-order valence-electron chi connectivity index (χ3n) is 12.3. The van der Waals surface area contributed by atoms with Crippen LogP contribution in [0.2, 0.25) is 0 Å².